The lowest BCUT2D eigenvalue weighted by Gasteiger charge is -2.16. The number of nitrogens with zero attached hydrogens (tertiary/aromatic N) is 1. The van der Waals surface area contributed by atoms with E-state index >= 15 is 0 Å². The number of hydrogen-bond acceptors (Lipinski definition) is 2. The van der Waals surface area contributed by atoms with Crippen molar-refractivity contribution in [1.29, 1.82) is 0 Å². The number of H-pyrrole nitrogens is 1. The zero-order valence-electron chi connectivity index (χ0n) is 8.69. The minimum Gasteiger partial charge on any atom is -0.341 e. The van der Waals surface area contributed by atoms with Crippen LogP contribution in [0.3, 0.4) is 0 Å². The zero-order valence-corrected chi connectivity index (χ0v) is 8.69. The monoisotopic (exact) mass is 206 g/mol. The minimum absolute atomic E-state index is 0.0759. The van der Waals surface area contributed by atoms with Crippen LogP contribution in [0.25, 0.3) is 0 Å². The van der Waals surface area contributed by atoms with Gasteiger partial charge in [0.2, 0.25) is 5.56 Å². The molecule has 1 aliphatic rings. The van der Waals surface area contributed by atoms with Crippen molar-refractivity contribution in [3.8, 4) is 0 Å². The van der Waals surface area contributed by atoms with Gasteiger partial charge >= 0.3 is 0 Å². The van der Waals surface area contributed by atoms with Crippen LogP contribution in [0.2, 0.25) is 0 Å². The van der Waals surface area contributed by atoms with E-state index in [1.54, 1.807) is 18.0 Å². The van der Waals surface area contributed by atoms with Gasteiger partial charge in [0.15, 0.2) is 0 Å². The molecule has 0 spiro atoms. The highest BCUT2D eigenvalue weighted by Crippen LogP contribution is 2.29. The van der Waals surface area contributed by atoms with Gasteiger partial charge in [-0.25, -0.2) is 0 Å². The van der Waals surface area contributed by atoms with Crippen LogP contribution in [-0.4, -0.2) is 29.4 Å². The van der Waals surface area contributed by atoms with Gasteiger partial charge in [-0.1, -0.05) is 0 Å². The van der Waals surface area contributed by atoms with E-state index in [1.807, 2.05) is 0 Å². The van der Waals surface area contributed by atoms with Crippen molar-refractivity contribution in [2.45, 2.75) is 12.8 Å². The molecule has 1 aliphatic carbocycles. The maximum atomic E-state index is 11.8. The summed E-state index contributed by atoms with van der Waals surface area (Å²) in [5.74, 6) is 0.592. The molecule has 4 heteroatoms. The molecule has 1 N–H and O–H groups in total. The molecule has 1 saturated carbocycles. The number of amides is 1. The lowest BCUT2D eigenvalue weighted by molar-refractivity contribution is 0.0788. The van der Waals surface area contributed by atoms with E-state index in [1.165, 1.54) is 25.1 Å². The Morgan fingerprint density at radius 1 is 1.60 bits per heavy atom. The third kappa shape index (κ3) is 2.46. The molecule has 1 heterocycles. The number of pyridine rings is 1. The van der Waals surface area contributed by atoms with Crippen LogP contribution in [0.4, 0.5) is 0 Å². The van der Waals surface area contributed by atoms with Gasteiger partial charge in [0, 0.05) is 31.4 Å². The number of hydrogen-bond donors (Lipinski definition) is 1. The van der Waals surface area contributed by atoms with Crippen molar-refractivity contribution in [3.05, 3.63) is 34.2 Å². The molecule has 1 aromatic heterocycles. The standard InChI is InChI=1S/C11H14N2O2/c1-13(7-8-2-3-8)11(15)9-4-5-12-10(14)6-9/h4-6,8H,2-3,7H2,1H3,(H,12,14). The highest BCUT2D eigenvalue weighted by Gasteiger charge is 2.25. The molecule has 0 unspecified atom stereocenters. The molecule has 1 fully saturated rings. The SMILES string of the molecule is CN(CC1CC1)C(=O)c1cc[nH]c(=O)c1. The van der Waals surface area contributed by atoms with Crippen molar-refractivity contribution >= 4 is 5.91 Å². The van der Waals surface area contributed by atoms with Crippen LogP contribution in [0, 0.1) is 5.92 Å². The second-order valence-electron chi connectivity index (χ2n) is 4.07. The molecule has 0 aromatic carbocycles. The molecule has 0 aliphatic heterocycles. The molecule has 0 saturated heterocycles. The predicted molar refractivity (Wildman–Crippen MR) is 56.7 cm³/mol. The van der Waals surface area contributed by atoms with Crippen molar-refractivity contribution in [1.82, 2.24) is 9.88 Å². The van der Waals surface area contributed by atoms with E-state index in [0.29, 0.717) is 11.5 Å². The molecule has 0 atom stereocenters. The summed E-state index contributed by atoms with van der Waals surface area (Å²) in [5, 5.41) is 0. The zero-order chi connectivity index (χ0) is 10.8. The Bertz CT molecular complexity index is 421. The fourth-order valence-electron chi connectivity index (χ4n) is 1.57. The van der Waals surface area contributed by atoms with Crippen LogP contribution >= 0.6 is 0 Å². The fourth-order valence-corrected chi connectivity index (χ4v) is 1.57. The maximum Gasteiger partial charge on any atom is 0.253 e. The first kappa shape index (κ1) is 9.96. The molecule has 0 radical (unpaired) electrons. The van der Waals surface area contributed by atoms with Gasteiger partial charge in [-0.15, -0.1) is 0 Å². The van der Waals surface area contributed by atoms with E-state index < -0.39 is 0 Å². The Hall–Kier alpha value is -1.58. The molecule has 1 aromatic rings. The number of carbonyl (C=O) groups excluding carboxylic acids is 1. The number of carbonyl (C=O) groups is 1. The number of nitrogens with one attached hydrogen (secondary N) is 1. The van der Waals surface area contributed by atoms with E-state index in [9.17, 15) is 9.59 Å². The first-order valence-corrected chi connectivity index (χ1v) is 5.11. The summed E-state index contributed by atoms with van der Waals surface area (Å²) in [7, 11) is 1.78. The summed E-state index contributed by atoms with van der Waals surface area (Å²) in [4.78, 5) is 27.0. The molecule has 80 valence electrons. The van der Waals surface area contributed by atoms with E-state index in [0.717, 1.165) is 6.54 Å². The van der Waals surface area contributed by atoms with Gasteiger partial charge in [0.25, 0.3) is 5.91 Å². The van der Waals surface area contributed by atoms with Crippen molar-refractivity contribution < 1.29 is 4.79 Å². The average Bonchev–Trinajstić information content (AvgIpc) is 3.00. The Morgan fingerprint density at radius 3 is 2.93 bits per heavy atom. The largest absolute Gasteiger partial charge is 0.341 e. The molecule has 0 bridgehead atoms. The van der Waals surface area contributed by atoms with Crippen molar-refractivity contribution in [2.75, 3.05) is 13.6 Å². The summed E-state index contributed by atoms with van der Waals surface area (Å²) < 4.78 is 0. The fraction of sp³-hybridized carbons (Fsp3) is 0.455. The minimum atomic E-state index is -0.235. The Balaban J connectivity index is 2.08. The van der Waals surface area contributed by atoms with Crippen molar-refractivity contribution in [3.63, 3.8) is 0 Å². The summed E-state index contributed by atoms with van der Waals surface area (Å²) in [6.45, 7) is 0.797. The summed E-state index contributed by atoms with van der Waals surface area (Å²) in [6, 6.07) is 2.97. The number of aromatic amines is 1. The molecule has 2 rings (SSSR count). The maximum absolute atomic E-state index is 11.8. The lowest BCUT2D eigenvalue weighted by Crippen LogP contribution is -2.29. The Labute approximate surface area is 87.9 Å². The second kappa shape index (κ2) is 3.88. The van der Waals surface area contributed by atoms with Gasteiger partial charge in [-0.2, -0.15) is 0 Å². The molecule has 15 heavy (non-hydrogen) atoms. The van der Waals surface area contributed by atoms with Gasteiger partial charge in [-0.3, -0.25) is 9.59 Å². The summed E-state index contributed by atoms with van der Waals surface area (Å²) in [6.07, 6.45) is 3.93. The summed E-state index contributed by atoms with van der Waals surface area (Å²) >= 11 is 0. The van der Waals surface area contributed by atoms with Gasteiger partial charge in [-0.05, 0) is 24.8 Å². The smallest absolute Gasteiger partial charge is 0.253 e. The normalized spacial score (nSPS) is 15.0. The first-order chi connectivity index (χ1) is 7.16. The quantitative estimate of drug-likeness (QED) is 0.797. The number of rotatable bonds is 3. The van der Waals surface area contributed by atoms with E-state index in [-0.39, 0.29) is 11.5 Å². The molecule has 1 amide bonds. The van der Waals surface area contributed by atoms with Crippen LogP contribution in [0.1, 0.15) is 23.2 Å². The van der Waals surface area contributed by atoms with Crippen LogP contribution in [-0.2, 0) is 0 Å². The highest BCUT2D eigenvalue weighted by molar-refractivity contribution is 5.93. The Morgan fingerprint density at radius 2 is 2.33 bits per heavy atom. The lowest BCUT2D eigenvalue weighted by atomic mass is 10.2. The van der Waals surface area contributed by atoms with E-state index in [2.05, 4.69) is 4.98 Å². The highest BCUT2D eigenvalue weighted by atomic mass is 16.2. The van der Waals surface area contributed by atoms with Gasteiger partial charge in [0.05, 0.1) is 0 Å². The molecular formula is C11H14N2O2. The Kier molecular flexibility index (Phi) is 2.58. The third-order valence-corrected chi connectivity index (χ3v) is 2.60. The first-order valence-electron chi connectivity index (χ1n) is 5.11. The van der Waals surface area contributed by atoms with Crippen LogP contribution in [0.5, 0.6) is 0 Å². The van der Waals surface area contributed by atoms with Gasteiger partial charge < -0.3 is 9.88 Å². The van der Waals surface area contributed by atoms with Gasteiger partial charge in [0.1, 0.15) is 0 Å². The average molecular weight is 206 g/mol. The summed E-state index contributed by atoms with van der Waals surface area (Å²) in [5.41, 5.74) is 0.225. The predicted octanol–water partition coefficient (Wildman–Crippen LogP) is 0.857. The van der Waals surface area contributed by atoms with Crippen LogP contribution in [0.15, 0.2) is 23.1 Å². The van der Waals surface area contributed by atoms with Crippen molar-refractivity contribution in [2.24, 2.45) is 5.92 Å². The second-order valence-corrected chi connectivity index (χ2v) is 4.07. The molecule has 4 nitrogen and oxygen atoms in total. The van der Waals surface area contributed by atoms with E-state index in [4.69, 9.17) is 0 Å². The third-order valence-electron chi connectivity index (χ3n) is 2.60. The van der Waals surface area contributed by atoms with Crippen LogP contribution < -0.4 is 5.56 Å². The number of aromatic nitrogens is 1. The topological polar surface area (TPSA) is 53.2 Å². The molecular weight excluding hydrogens is 192 g/mol.